The van der Waals surface area contributed by atoms with Gasteiger partial charge < -0.3 is 10.3 Å². The molecule has 2 N–H and O–H groups in total. The lowest BCUT2D eigenvalue weighted by Crippen LogP contribution is -2.01. The van der Waals surface area contributed by atoms with E-state index < -0.39 is 11.1 Å². The normalized spacial score (nSPS) is 10.9. The Balaban J connectivity index is 0. The van der Waals surface area contributed by atoms with Crippen LogP contribution >= 0.6 is 0 Å². The highest BCUT2D eigenvalue weighted by Crippen LogP contribution is 1.45. The van der Waals surface area contributed by atoms with Crippen molar-refractivity contribution >= 4 is 17.0 Å². The molecule has 0 saturated heterocycles. The van der Waals surface area contributed by atoms with Crippen molar-refractivity contribution in [3.63, 3.8) is 0 Å². The second-order valence-electron chi connectivity index (χ2n) is 1.01. The van der Waals surface area contributed by atoms with E-state index in [1.165, 1.54) is 6.92 Å². The molecule has 0 saturated carbocycles. The molecule has 1 unspecified atom stereocenters. The number of nitrogens with two attached hydrogens (primary N) is 1. The standard InChI is InChI=1S/C2H5NO.CH4O2S/c1-2(3)4;1-4(2)3/h1H3,(H2,3,4);1H3,(H,2,3)/p-1. The first-order valence-corrected chi connectivity index (χ1v) is 3.22. The molecule has 0 aliphatic heterocycles. The minimum atomic E-state index is -1.86. The van der Waals surface area contributed by atoms with Gasteiger partial charge in [-0.05, 0) is 6.26 Å². The maximum atomic E-state index is 9.22. The third kappa shape index (κ3) is 664. The molecule has 0 aliphatic carbocycles. The van der Waals surface area contributed by atoms with Gasteiger partial charge in [-0.3, -0.25) is 9.00 Å². The van der Waals surface area contributed by atoms with E-state index in [-0.39, 0.29) is 5.91 Å². The summed E-state index contributed by atoms with van der Waals surface area (Å²) in [5.74, 6) is -0.333. The highest BCUT2D eigenvalue weighted by atomic mass is 32.2. The molecule has 0 spiro atoms. The maximum absolute atomic E-state index is 9.22. The molecular weight excluding hydrogens is 130 g/mol. The molecule has 0 aliphatic rings. The van der Waals surface area contributed by atoms with Gasteiger partial charge in [0.2, 0.25) is 5.91 Å². The Morgan fingerprint density at radius 1 is 1.75 bits per heavy atom. The molecule has 0 aromatic carbocycles. The number of amides is 1. The van der Waals surface area contributed by atoms with Crippen LogP contribution in [0.5, 0.6) is 0 Å². The molecule has 0 aromatic rings. The lowest BCUT2D eigenvalue weighted by atomic mass is 10.8. The smallest absolute Gasteiger partial charge is 0.214 e. The zero-order chi connectivity index (χ0) is 7.15. The summed E-state index contributed by atoms with van der Waals surface area (Å²) in [6, 6.07) is 0. The molecule has 1 atom stereocenters. The van der Waals surface area contributed by atoms with Gasteiger partial charge in [0.15, 0.2) is 0 Å². The molecule has 0 fully saturated rings. The lowest BCUT2D eigenvalue weighted by Gasteiger charge is -1.85. The third-order valence-corrected chi connectivity index (χ3v) is 0. The number of carbonyl (C=O) groups is 1. The van der Waals surface area contributed by atoms with Gasteiger partial charge in [0.05, 0.1) is 0 Å². The first-order chi connectivity index (χ1) is 3.46. The van der Waals surface area contributed by atoms with Crippen molar-refractivity contribution in [1.82, 2.24) is 0 Å². The van der Waals surface area contributed by atoms with Crippen molar-refractivity contribution in [2.45, 2.75) is 6.92 Å². The van der Waals surface area contributed by atoms with Gasteiger partial charge in [-0.15, -0.1) is 0 Å². The highest BCUT2D eigenvalue weighted by molar-refractivity contribution is 7.78. The van der Waals surface area contributed by atoms with Gasteiger partial charge in [-0.1, -0.05) is 11.1 Å². The number of carbonyl (C=O) groups excluding carboxylic acids is 1. The Morgan fingerprint density at radius 3 is 1.75 bits per heavy atom. The van der Waals surface area contributed by atoms with Crippen molar-refractivity contribution in [2.24, 2.45) is 5.73 Å². The monoisotopic (exact) mass is 138 g/mol. The first kappa shape index (κ1) is 10.5. The summed E-state index contributed by atoms with van der Waals surface area (Å²) in [7, 11) is 0. The molecule has 8 heavy (non-hydrogen) atoms. The maximum Gasteiger partial charge on any atom is 0.214 e. The van der Waals surface area contributed by atoms with Gasteiger partial charge >= 0.3 is 0 Å². The van der Waals surface area contributed by atoms with Gasteiger partial charge in [-0.2, -0.15) is 0 Å². The molecule has 5 heteroatoms. The predicted molar refractivity (Wildman–Crippen MR) is 29.7 cm³/mol. The highest BCUT2D eigenvalue weighted by Gasteiger charge is 1.61. The lowest BCUT2D eigenvalue weighted by molar-refractivity contribution is -0.115. The molecule has 4 nitrogen and oxygen atoms in total. The van der Waals surface area contributed by atoms with Crippen LogP contribution in [0.4, 0.5) is 0 Å². The Bertz CT molecular complexity index is 72.5. The Hall–Kier alpha value is -0.420. The average Bonchev–Trinajstić information content (AvgIpc) is 1.25. The van der Waals surface area contributed by atoms with Crippen LogP contribution in [0.25, 0.3) is 0 Å². The Morgan fingerprint density at radius 2 is 1.75 bits per heavy atom. The SMILES string of the molecule is CC(N)=O.CS(=O)[O-]. The van der Waals surface area contributed by atoms with E-state index >= 15 is 0 Å². The molecule has 0 bridgehead atoms. The second kappa shape index (κ2) is 6.58. The van der Waals surface area contributed by atoms with Gasteiger partial charge in [0.1, 0.15) is 0 Å². The summed E-state index contributed by atoms with van der Waals surface area (Å²) in [5.41, 5.74) is 4.47. The number of hydrogen-bond acceptors (Lipinski definition) is 3. The molecule has 0 heterocycles. The third-order valence-electron chi connectivity index (χ3n) is 0. The fraction of sp³-hybridized carbons (Fsp3) is 0.667. The van der Waals surface area contributed by atoms with E-state index in [4.69, 9.17) is 8.76 Å². The fourth-order valence-corrected chi connectivity index (χ4v) is 0. The summed E-state index contributed by atoms with van der Waals surface area (Å²) >= 11 is -1.86. The largest absolute Gasteiger partial charge is 0.773 e. The van der Waals surface area contributed by atoms with E-state index in [0.29, 0.717) is 0 Å². The van der Waals surface area contributed by atoms with Crippen LogP contribution in [0.15, 0.2) is 0 Å². The molecule has 0 aromatic heterocycles. The summed E-state index contributed by atoms with van der Waals surface area (Å²) in [5, 5.41) is 0. The van der Waals surface area contributed by atoms with E-state index in [0.717, 1.165) is 6.26 Å². The molecule has 0 radical (unpaired) electrons. The van der Waals surface area contributed by atoms with E-state index in [9.17, 15) is 4.79 Å². The van der Waals surface area contributed by atoms with Crippen LogP contribution in [0.3, 0.4) is 0 Å². The van der Waals surface area contributed by atoms with Crippen molar-refractivity contribution in [3.8, 4) is 0 Å². The molecule has 50 valence electrons. The zero-order valence-electron chi connectivity index (χ0n) is 4.71. The average molecular weight is 138 g/mol. The van der Waals surface area contributed by atoms with E-state index in [1.54, 1.807) is 0 Å². The predicted octanol–water partition coefficient (Wildman–Crippen LogP) is -1.01. The summed E-state index contributed by atoms with van der Waals surface area (Å²) in [6.07, 6.45) is 1.08. The minimum Gasteiger partial charge on any atom is -0.773 e. The fourth-order valence-electron chi connectivity index (χ4n) is 0. The molecular formula is C3H8NO3S-. The summed E-state index contributed by atoms with van der Waals surface area (Å²) < 4.78 is 18.0. The van der Waals surface area contributed by atoms with E-state index in [1.807, 2.05) is 0 Å². The van der Waals surface area contributed by atoms with Gasteiger partial charge in [-0.25, -0.2) is 0 Å². The van der Waals surface area contributed by atoms with Crippen LogP contribution in [0.2, 0.25) is 0 Å². The summed E-state index contributed by atoms with van der Waals surface area (Å²) in [4.78, 5) is 9.22. The zero-order valence-corrected chi connectivity index (χ0v) is 5.53. The Labute approximate surface area is 50.4 Å². The summed E-state index contributed by atoms with van der Waals surface area (Å²) in [6.45, 7) is 1.31. The van der Waals surface area contributed by atoms with Crippen molar-refractivity contribution < 1.29 is 13.6 Å². The molecule has 0 rings (SSSR count). The van der Waals surface area contributed by atoms with Crippen LogP contribution in [-0.4, -0.2) is 20.9 Å². The molecule has 1 amide bonds. The second-order valence-corrected chi connectivity index (χ2v) is 1.81. The number of hydrogen-bond donors (Lipinski definition) is 1. The van der Waals surface area contributed by atoms with Crippen LogP contribution in [0.1, 0.15) is 6.92 Å². The van der Waals surface area contributed by atoms with Crippen LogP contribution in [-0.2, 0) is 15.9 Å². The first-order valence-electron chi connectivity index (χ1n) is 1.73. The van der Waals surface area contributed by atoms with Crippen LogP contribution in [0, 0.1) is 0 Å². The van der Waals surface area contributed by atoms with Gasteiger partial charge in [0, 0.05) is 6.92 Å². The van der Waals surface area contributed by atoms with Crippen molar-refractivity contribution in [3.05, 3.63) is 0 Å². The quantitative estimate of drug-likeness (QED) is 0.435. The minimum absolute atomic E-state index is 0.333. The van der Waals surface area contributed by atoms with Crippen molar-refractivity contribution in [2.75, 3.05) is 6.26 Å². The van der Waals surface area contributed by atoms with Gasteiger partial charge in [0.25, 0.3) is 0 Å². The Kier molecular flexibility index (Phi) is 8.67. The number of primary amides is 1. The van der Waals surface area contributed by atoms with Crippen molar-refractivity contribution in [1.29, 1.82) is 0 Å². The van der Waals surface area contributed by atoms with E-state index in [2.05, 4.69) is 5.73 Å². The number of rotatable bonds is 0. The topological polar surface area (TPSA) is 83.2 Å². The van der Waals surface area contributed by atoms with Crippen LogP contribution < -0.4 is 5.73 Å².